The number of anilines is 1. The summed E-state index contributed by atoms with van der Waals surface area (Å²) in [7, 11) is 3.59. The van der Waals surface area contributed by atoms with Crippen LogP contribution in [0.1, 0.15) is 0 Å². The lowest BCUT2D eigenvalue weighted by atomic mass is 10.2. The highest BCUT2D eigenvalue weighted by Crippen LogP contribution is 2.23. The number of aromatic nitrogens is 2. The van der Waals surface area contributed by atoms with E-state index in [1.54, 1.807) is 25.1 Å². The van der Waals surface area contributed by atoms with Crippen LogP contribution in [0, 0.1) is 0 Å². The van der Waals surface area contributed by atoms with Crippen molar-refractivity contribution in [3.8, 4) is 11.4 Å². The zero-order valence-electron chi connectivity index (χ0n) is 9.57. The van der Waals surface area contributed by atoms with Gasteiger partial charge in [-0.25, -0.2) is 4.98 Å². The normalized spacial score (nSPS) is 10.3. The summed E-state index contributed by atoms with van der Waals surface area (Å²) < 4.78 is 0. The van der Waals surface area contributed by atoms with Gasteiger partial charge in [-0.1, -0.05) is 23.7 Å². The molecular weight excluding hydrogens is 238 g/mol. The molecule has 0 atom stereocenters. The molecule has 1 aromatic carbocycles. The largest absolute Gasteiger partial charge is 0.372 e. The van der Waals surface area contributed by atoms with Gasteiger partial charge in [0.15, 0.2) is 0 Å². The smallest absolute Gasteiger partial charge is 0.274 e. The average Bonchev–Trinajstić information content (AvgIpc) is 2.29. The van der Waals surface area contributed by atoms with Gasteiger partial charge in [-0.15, -0.1) is 0 Å². The van der Waals surface area contributed by atoms with E-state index in [0.29, 0.717) is 16.5 Å². The van der Waals surface area contributed by atoms with Gasteiger partial charge < -0.3 is 9.88 Å². The highest BCUT2D eigenvalue weighted by Gasteiger charge is 2.08. The minimum absolute atomic E-state index is 0.181. The molecule has 0 radical (unpaired) electrons. The fraction of sp³-hybridized carbons (Fsp3) is 0.167. The molecule has 5 heteroatoms. The Morgan fingerprint density at radius 3 is 2.59 bits per heavy atom. The van der Waals surface area contributed by atoms with E-state index in [-0.39, 0.29) is 5.56 Å². The fourth-order valence-electron chi connectivity index (χ4n) is 1.50. The summed E-state index contributed by atoms with van der Waals surface area (Å²) in [5.41, 5.74) is 1.05. The maximum Gasteiger partial charge on any atom is 0.274 e. The monoisotopic (exact) mass is 249 g/mol. The van der Waals surface area contributed by atoms with Crippen molar-refractivity contribution in [1.29, 1.82) is 0 Å². The quantitative estimate of drug-likeness (QED) is 0.887. The molecule has 0 saturated carbocycles. The number of nitrogens with zero attached hydrogens (tertiary/aromatic N) is 2. The molecule has 0 amide bonds. The molecular formula is C12H12ClN3O. The van der Waals surface area contributed by atoms with Crippen molar-refractivity contribution in [1.82, 2.24) is 9.97 Å². The fourth-order valence-corrected chi connectivity index (χ4v) is 1.72. The molecule has 0 saturated heterocycles. The van der Waals surface area contributed by atoms with Crippen LogP contribution in [-0.2, 0) is 0 Å². The molecule has 2 aromatic rings. The van der Waals surface area contributed by atoms with Crippen LogP contribution >= 0.6 is 11.6 Å². The van der Waals surface area contributed by atoms with Crippen LogP contribution in [0.2, 0.25) is 5.02 Å². The van der Waals surface area contributed by atoms with Crippen LogP contribution in [-0.4, -0.2) is 24.1 Å². The van der Waals surface area contributed by atoms with Crippen LogP contribution in [0.3, 0.4) is 0 Å². The van der Waals surface area contributed by atoms with Gasteiger partial charge >= 0.3 is 0 Å². The van der Waals surface area contributed by atoms with Crippen molar-refractivity contribution in [3.05, 3.63) is 45.8 Å². The van der Waals surface area contributed by atoms with E-state index in [1.807, 2.05) is 18.2 Å². The molecule has 0 bridgehead atoms. The molecule has 1 heterocycles. The predicted octanol–water partition coefficient (Wildman–Crippen LogP) is 2.16. The Hall–Kier alpha value is -1.81. The third-order valence-corrected chi connectivity index (χ3v) is 2.72. The predicted molar refractivity (Wildman–Crippen MR) is 69.6 cm³/mol. The molecule has 2 rings (SSSR count). The summed E-state index contributed by atoms with van der Waals surface area (Å²) >= 11 is 6.04. The van der Waals surface area contributed by atoms with Crippen molar-refractivity contribution >= 4 is 17.3 Å². The zero-order valence-corrected chi connectivity index (χ0v) is 10.3. The first-order chi connectivity index (χ1) is 8.09. The van der Waals surface area contributed by atoms with Crippen LogP contribution in [0.25, 0.3) is 11.4 Å². The van der Waals surface area contributed by atoms with Crippen LogP contribution < -0.4 is 10.5 Å². The van der Waals surface area contributed by atoms with Crippen molar-refractivity contribution in [2.24, 2.45) is 0 Å². The third-order valence-electron chi connectivity index (χ3n) is 2.39. The second-order valence-electron chi connectivity index (χ2n) is 3.82. The van der Waals surface area contributed by atoms with E-state index < -0.39 is 0 Å². The Morgan fingerprint density at radius 2 is 2.00 bits per heavy atom. The van der Waals surface area contributed by atoms with Crippen LogP contribution in [0.4, 0.5) is 5.69 Å². The topological polar surface area (TPSA) is 49.0 Å². The van der Waals surface area contributed by atoms with Gasteiger partial charge in [-0.05, 0) is 12.1 Å². The van der Waals surface area contributed by atoms with E-state index in [1.165, 1.54) is 6.20 Å². The van der Waals surface area contributed by atoms with E-state index in [4.69, 9.17) is 11.6 Å². The van der Waals surface area contributed by atoms with Gasteiger partial charge in [0.05, 0.1) is 11.2 Å². The molecule has 0 spiro atoms. The Labute approximate surface area is 104 Å². The summed E-state index contributed by atoms with van der Waals surface area (Å²) in [5.74, 6) is 0.478. The van der Waals surface area contributed by atoms with Gasteiger partial charge in [-0.2, -0.15) is 0 Å². The highest BCUT2D eigenvalue weighted by molar-refractivity contribution is 6.33. The lowest BCUT2D eigenvalue weighted by molar-refractivity contribution is 1.04. The molecule has 1 N–H and O–H groups in total. The lowest BCUT2D eigenvalue weighted by Gasteiger charge is -2.11. The van der Waals surface area contributed by atoms with Gasteiger partial charge in [0.1, 0.15) is 11.5 Å². The van der Waals surface area contributed by atoms with Crippen LogP contribution in [0.5, 0.6) is 0 Å². The van der Waals surface area contributed by atoms with Gasteiger partial charge in [0.25, 0.3) is 5.56 Å². The van der Waals surface area contributed by atoms with E-state index in [2.05, 4.69) is 9.97 Å². The van der Waals surface area contributed by atoms with Gasteiger partial charge in [-0.3, -0.25) is 4.79 Å². The average molecular weight is 250 g/mol. The number of H-pyrrole nitrogens is 1. The summed E-state index contributed by atoms with van der Waals surface area (Å²) in [6, 6.07) is 7.26. The summed E-state index contributed by atoms with van der Waals surface area (Å²) in [5, 5.41) is 0.563. The minimum Gasteiger partial charge on any atom is -0.372 e. The van der Waals surface area contributed by atoms with Crippen molar-refractivity contribution in [2.45, 2.75) is 0 Å². The van der Waals surface area contributed by atoms with Crippen LogP contribution in [0.15, 0.2) is 35.3 Å². The van der Waals surface area contributed by atoms with Crippen molar-refractivity contribution in [2.75, 3.05) is 19.0 Å². The first-order valence-electron chi connectivity index (χ1n) is 5.11. The molecule has 0 aliphatic carbocycles. The molecule has 0 aliphatic rings. The number of benzene rings is 1. The highest BCUT2D eigenvalue weighted by atomic mass is 35.5. The number of aromatic amines is 1. The summed E-state index contributed by atoms with van der Waals surface area (Å²) in [4.78, 5) is 20.4. The second-order valence-corrected chi connectivity index (χ2v) is 4.23. The number of hydrogen-bond acceptors (Lipinski definition) is 3. The molecule has 17 heavy (non-hydrogen) atoms. The first kappa shape index (κ1) is 11.7. The molecule has 88 valence electrons. The minimum atomic E-state index is -0.181. The second kappa shape index (κ2) is 4.59. The van der Waals surface area contributed by atoms with E-state index in [9.17, 15) is 4.79 Å². The lowest BCUT2D eigenvalue weighted by Crippen LogP contribution is -2.21. The van der Waals surface area contributed by atoms with Gasteiger partial charge in [0.2, 0.25) is 0 Å². The number of halogens is 1. The number of hydrogen-bond donors (Lipinski definition) is 1. The SMILES string of the molecule is CN(C)c1cnc(-c2ccccc2Cl)[nH]c1=O. The molecule has 0 aliphatic heterocycles. The summed E-state index contributed by atoms with van der Waals surface area (Å²) in [6.45, 7) is 0. The first-order valence-corrected chi connectivity index (χ1v) is 5.49. The third kappa shape index (κ3) is 2.31. The maximum absolute atomic E-state index is 11.8. The van der Waals surface area contributed by atoms with E-state index >= 15 is 0 Å². The van der Waals surface area contributed by atoms with Crippen molar-refractivity contribution in [3.63, 3.8) is 0 Å². The number of rotatable bonds is 2. The van der Waals surface area contributed by atoms with Gasteiger partial charge in [0, 0.05) is 19.7 Å². The Balaban J connectivity index is 2.53. The van der Waals surface area contributed by atoms with Crippen molar-refractivity contribution < 1.29 is 0 Å². The Kier molecular flexibility index (Phi) is 3.15. The Morgan fingerprint density at radius 1 is 1.29 bits per heavy atom. The molecule has 1 aromatic heterocycles. The number of nitrogens with one attached hydrogen (secondary N) is 1. The molecule has 4 nitrogen and oxygen atoms in total. The Bertz CT molecular complexity index is 592. The molecule has 0 fully saturated rings. The maximum atomic E-state index is 11.8. The summed E-state index contributed by atoms with van der Waals surface area (Å²) in [6.07, 6.45) is 1.54. The standard InChI is InChI=1S/C12H12ClN3O/c1-16(2)10-7-14-11(15-12(10)17)8-5-3-4-6-9(8)13/h3-7H,1-2H3,(H,14,15,17). The van der Waals surface area contributed by atoms with E-state index in [0.717, 1.165) is 5.56 Å². The zero-order chi connectivity index (χ0) is 12.4. The molecule has 0 unspecified atom stereocenters.